The molecule has 0 unspecified atom stereocenters. The normalized spacial score (nSPS) is 33.0. The number of thioether (sulfide) groups is 1. The molecule has 11 atom stereocenters. The highest BCUT2D eigenvalue weighted by Crippen LogP contribution is 2.64. The maximum Gasteiger partial charge on any atom is 0.338 e. The van der Waals surface area contributed by atoms with E-state index in [1.165, 1.54) is 44.4 Å². The second-order valence-electron chi connectivity index (χ2n) is 17.8. The van der Waals surface area contributed by atoms with E-state index in [4.69, 9.17) is 28.1 Å². The van der Waals surface area contributed by atoms with Crippen molar-refractivity contribution in [2.75, 3.05) is 6.61 Å². The van der Waals surface area contributed by atoms with Crippen molar-refractivity contribution in [1.82, 2.24) is 5.32 Å². The largest absolute Gasteiger partial charge is 0.467 e. The highest BCUT2D eigenvalue weighted by Gasteiger charge is 2.78. The number of fused-ring (bicyclic) bond motifs is 5. The Morgan fingerprint density at radius 3 is 2.18 bits per heavy atom. The van der Waals surface area contributed by atoms with Gasteiger partial charge in [0.1, 0.15) is 35.7 Å². The molecule has 16 nitrogen and oxygen atoms in total. The van der Waals surface area contributed by atoms with E-state index < -0.39 is 117 Å². The summed E-state index contributed by atoms with van der Waals surface area (Å²) in [6.07, 6.45) is -9.29. The van der Waals surface area contributed by atoms with Gasteiger partial charge in [-0.2, -0.15) is 0 Å². The third-order valence-electron chi connectivity index (χ3n) is 12.5. The lowest BCUT2D eigenvalue weighted by molar-refractivity contribution is -0.346. The van der Waals surface area contributed by atoms with Crippen LogP contribution >= 0.6 is 11.8 Å². The van der Waals surface area contributed by atoms with Crippen molar-refractivity contribution in [3.8, 4) is 0 Å². The third kappa shape index (κ3) is 7.67. The smallest absolute Gasteiger partial charge is 0.338 e. The molecule has 1 aromatic carbocycles. The van der Waals surface area contributed by atoms with Crippen LogP contribution in [0.25, 0.3) is 0 Å². The lowest BCUT2D eigenvalue weighted by atomic mass is 9.44. The van der Waals surface area contributed by atoms with Gasteiger partial charge in [-0.25, -0.2) is 9.59 Å². The van der Waals surface area contributed by atoms with E-state index >= 15 is 4.79 Å². The van der Waals surface area contributed by atoms with Gasteiger partial charge < -0.3 is 48.7 Å². The van der Waals surface area contributed by atoms with Crippen LogP contribution < -0.4 is 5.32 Å². The number of hydrogen-bond acceptors (Lipinski definition) is 16. The molecule has 1 aliphatic heterocycles. The highest BCUT2D eigenvalue weighted by atomic mass is 32.2. The zero-order valence-electron chi connectivity index (χ0n) is 35.0. The fraction of sp³-hybridized carbons (Fsp3) is 0.581. The minimum Gasteiger partial charge on any atom is -0.467 e. The molecule has 17 heteroatoms. The number of hydrogen-bond donors (Lipinski definition) is 4. The number of Topliss-reactive ketones (excluding diaryl/α,β-unsaturated/α-hetero) is 1. The van der Waals surface area contributed by atoms with Gasteiger partial charge in [0.05, 0.1) is 35.9 Å². The average molecular weight is 856 g/mol. The molecule has 4 aliphatic rings. The summed E-state index contributed by atoms with van der Waals surface area (Å²) in [6, 6.07) is 9.34. The lowest BCUT2D eigenvalue weighted by Gasteiger charge is -2.67. The van der Waals surface area contributed by atoms with Crippen LogP contribution in [-0.2, 0) is 42.9 Å². The Hall–Kier alpha value is -4.55. The SMILES string of the molecule is CC(=O)O[C@H]1C(=O)[C@@]2(C)[C@H]([C@H](OC(=O)c3ccccc3)[C@]3(O)C[C@H](OC(=O)[C@H](O)[C@H](NC(=O)SC(C)(C)C)c4ccco4)C(C)=C1C3(C)C)[C@]1(OC(C)=O)CO[C@@H]1C[C@@H]2O. The maximum atomic E-state index is 15.4. The van der Waals surface area contributed by atoms with E-state index in [0.717, 1.165) is 25.6 Å². The Morgan fingerprint density at radius 2 is 1.63 bits per heavy atom. The molecule has 1 amide bonds. The molecule has 6 rings (SSSR count). The van der Waals surface area contributed by atoms with Crippen LogP contribution in [0.3, 0.4) is 0 Å². The fourth-order valence-corrected chi connectivity index (χ4v) is 10.3. The first-order chi connectivity index (χ1) is 27.9. The summed E-state index contributed by atoms with van der Waals surface area (Å²) in [6.45, 7) is 13.3. The topological polar surface area (TPSA) is 234 Å². The van der Waals surface area contributed by atoms with Crippen molar-refractivity contribution in [3.05, 3.63) is 71.2 Å². The number of esters is 4. The molecular weight excluding hydrogens is 803 g/mol. The molecular formula is C43H53NO15S. The van der Waals surface area contributed by atoms with Gasteiger partial charge in [-0.05, 0) is 49.3 Å². The number of amides is 1. The summed E-state index contributed by atoms with van der Waals surface area (Å²) in [4.78, 5) is 82.7. The molecule has 326 valence electrons. The van der Waals surface area contributed by atoms with Gasteiger partial charge in [0.2, 0.25) is 0 Å². The van der Waals surface area contributed by atoms with Crippen LogP contribution in [0.5, 0.6) is 0 Å². The van der Waals surface area contributed by atoms with Crippen molar-refractivity contribution in [1.29, 1.82) is 0 Å². The van der Waals surface area contributed by atoms with Gasteiger partial charge in [0.15, 0.2) is 23.6 Å². The molecule has 3 aliphatic carbocycles. The number of furan rings is 1. The van der Waals surface area contributed by atoms with Crippen molar-refractivity contribution < 1.29 is 72.2 Å². The highest BCUT2D eigenvalue weighted by molar-refractivity contribution is 8.14. The molecule has 2 aromatic rings. The molecule has 3 fully saturated rings. The Morgan fingerprint density at radius 1 is 0.967 bits per heavy atom. The second kappa shape index (κ2) is 16.0. The number of ketones is 1. The summed E-state index contributed by atoms with van der Waals surface area (Å²) in [7, 11) is 0. The quantitative estimate of drug-likeness (QED) is 0.158. The monoisotopic (exact) mass is 855 g/mol. The van der Waals surface area contributed by atoms with E-state index in [9.17, 15) is 39.3 Å². The predicted molar refractivity (Wildman–Crippen MR) is 212 cm³/mol. The maximum absolute atomic E-state index is 15.4. The second-order valence-corrected chi connectivity index (χ2v) is 19.6. The van der Waals surface area contributed by atoms with Gasteiger partial charge in [0.25, 0.3) is 5.24 Å². The molecule has 2 saturated carbocycles. The van der Waals surface area contributed by atoms with Crippen molar-refractivity contribution >= 4 is 46.7 Å². The number of aliphatic hydroxyl groups excluding tert-OH is 2. The predicted octanol–water partition coefficient (Wildman–Crippen LogP) is 4.14. The minimum atomic E-state index is -2.39. The fourth-order valence-electron chi connectivity index (χ4n) is 9.57. The van der Waals surface area contributed by atoms with Crippen LogP contribution in [0.15, 0.2) is 64.3 Å². The standard InChI is InChI=1S/C43H53NO15S/c1-21-26(57-37(51)31(48)30(25-16-13-17-54-25)44-38(52)60-39(4,5)6)19-43(53)35(58-36(50)24-14-11-10-12-15-24)33-41(9,27(47)18-28-42(33,20-55-28)59-23(3)46)34(49)32(56-22(2)45)29(21)40(43,7)8/h10-17,26-28,30-33,35,47-48,53H,18-20H2,1-9H3,(H,44,52)/t26-,27-,28+,30+,31+,32+,33-,35-,41+,42-,43+/m0/s1. The summed E-state index contributed by atoms with van der Waals surface area (Å²) in [5, 5.41) is 39.3. The summed E-state index contributed by atoms with van der Waals surface area (Å²) in [5.41, 5.74) is -7.67. The van der Waals surface area contributed by atoms with Crippen LogP contribution in [0.2, 0.25) is 0 Å². The molecule has 60 heavy (non-hydrogen) atoms. The number of carbonyl (C=O) groups is 6. The lowest BCUT2D eigenvalue weighted by Crippen LogP contribution is -2.82. The van der Waals surface area contributed by atoms with Crippen LogP contribution in [-0.4, -0.2) is 109 Å². The number of nitrogens with one attached hydrogen (secondary N) is 1. The molecule has 4 N–H and O–H groups in total. The number of carbonyl (C=O) groups excluding carboxylic acids is 6. The summed E-state index contributed by atoms with van der Waals surface area (Å²) < 4.78 is 35.1. The van der Waals surface area contributed by atoms with Gasteiger partial charge in [-0.1, -0.05) is 64.6 Å². The summed E-state index contributed by atoms with van der Waals surface area (Å²) in [5.74, 6) is -6.27. The van der Waals surface area contributed by atoms with Crippen LogP contribution in [0, 0.1) is 16.7 Å². The Labute approximate surface area is 351 Å². The first-order valence-corrected chi connectivity index (χ1v) is 20.5. The molecule has 0 radical (unpaired) electrons. The van der Waals surface area contributed by atoms with Gasteiger partial charge in [-0.3, -0.25) is 19.2 Å². The first-order valence-electron chi connectivity index (χ1n) is 19.7. The molecule has 1 aromatic heterocycles. The van der Waals surface area contributed by atoms with E-state index in [2.05, 4.69) is 5.32 Å². The minimum absolute atomic E-state index is 0.0117. The number of benzene rings is 1. The van der Waals surface area contributed by atoms with E-state index in [-0.39, 0.29) is 35.5 Å². The molecule has 2 heterocycles. The Kier molecular flexibility index (Phi) is 12.0. The summed E-state index contributed by atoms with van der Waals surface area (Å²) >= 11 is 0.920. The van der Waals surface area contributed by atoms with Crippen molar-refractivity contribution in [2.24, 2.45) is 16.7 Å². The van der Waals surface area contributed by atoms with E-state index in [1.54, 1.807) is 52.8 Å². The Bertz CT molecular complexity index is 2060. The number of rotatable bonds is 9. The third-order valence-corrected chi connectivity index (χ3v) is 13.4. The van der Waals surface area contributed by atoms with Crippen molar-refractivity contribution in [3.63, 3.8) is 0 Å². The van der Waals surface area contributed by atoms with Crippen LogP contribution in [0.4, 0.5) is 4.79 Å². The Balaban J connectivity index is 1.54. The molecule has 0 spiro atoms. The van der Waals surface area contributed by atoms with Crippen LogP contribution in [0.1, 0.15) is 97.3 Å². The zero-order chi connectivity index (χ0) is 44.3. The van der Waals surface area contributed by atoms with Crippen molar-refractivity contribution in [2.45, 2.75) is 134 Å². The molecule has 2 bridgehead atoms. The molecule has 1 saturated heterocycles. The first kappa shape index (κ1) is 45.0. The van der Waals surface area contributed by atoms with Gasteiger partial charge >= 0.3 is 23.9 Å². The van der Waals surface area contributed by atoms with E-state index in [0.29, 0.717) is 0 Å². The zero-order valence-corrected chi connectivity index (χ0v) is 35.8. The average Bonchev–Trinajstić information content (AvgIpc) is 3.69. The number of aliphatic hydroxyl groups is 3. The van der Waals surface area contributed by atoms with Gasteiger partial charge in [0, 0.05) is 36.9 Å². The number of ether oxygens (including phenoxy) is 5. The van der Waals surface area contributed by atoms with Gasteiger partial charge in [-0.15, -0.1) is 0 Å². The van der Waals surface area contributed by atoms with E-state index in [1.807, 2.05) is 0 Å².